The minimum atomic E-state index is -0.0122. The summed E-state index contributed by atoms with van der Waals surface area (Å²) in [6, 6.07) is 6.57. The van der Waals surface area contributed by atoms with Crippen molar-refractivity contribution >= 4 is 17.7 Å². The van der Waals surface area contributed by atoms with Crippen molar-refractivity contribution in [2.24, 2.45) is 7.05 Å². The lowest BCUT2D eigenvalue weighted by molar-refractivity contribution is -0.119. The standard InChI is InChI=1S/C17H21N3OS/c1-12(15-9-18-20(2)10-15)19-17(21)11-22-16-7-6-13-4-3-5-14(13)8-16/h6-10,12H,3-5,11H2,1-2H3,(H,19,21)/t12-/m1/s1. The number of thioether (sulfide) groups is 1. The molecule has 1 aromatic heterocycles. The molecule has 3 rings (SSSR count). The Morgan fingerprint density at radius 2 is 2.23 bits per heavy atom. The summed E-state index contributed by atoms with van der Waals surface area (Å²) in [5, 5.41) is 7.15. The lowest BCUT2D eigenvalue weighted by Crippen LogP contribution is -2.27. The molecule has 0 saturated carbocycles. The van der Waals surface area contributed by atoms with Gasteiger partial charge in [0, 0.05) is 23.7 Å². The van der Waals surface area contributed by atoms with E-state index in [4.69, 9.17) is 0 Å². The highest BCUT2D eigenvalue weighted by Crippen LogP contribution is 2.27. The second-order valence-corrected chi connectivity index (χ2v) is 6.86. The van der Waals surface area contributed by atoms with E-state index in [1.54, 1.807) is 22.6 Å². The third-order valence-electron chi connectivity index (χ3n) is 4.04. The molecule has 0 aliphatic heterocycles. The first-order valence-corrected chi connectivity index (χ1v) is 8.63. The third kappa shape index (κ3) is 3.53. The smallest absolute Gasteiger partial charge is 0.230 e. The Morgan fingerprint density at radius 3 is 3.00 bits per heavy atom. The third-order valence-corrected chi connectivity index (χ3v) is 5.04. The number of carbonyl (C=O) groups is 1. The Balaban J connectivity index is 1.52. The van der Waals surface area contributed by atoms with Gasteiger partial charge in [0.05, 0.1) is 18.0 Å². The maximum atomic E-state index is 12.1. The van der Waals surface area contributed by atoms with Crippen LogP contribution in [0.25, 0.3) is 0 Å². The van der Waals surface area contributed by atoms with Crippen LogP contribution >= 0.6 is 11.8 Å². The quantitative estimate of drug-likeness (QED) is 0.863. The predicted octanol–water partition coefficient (Wildman–Crippen LogP) is 2.88. The average molecular weight is 315 g/mol. The Kier molecular flexibility index (Phi) is 4.52. The molecule has 0 fully saturated rings. The summed E-state index contributed by atoms with van der Waals surface area (Å²) in [7, 11) is 1.88. The zero-order valence-corrected chi connectivity index (χ0v) is 13.8. The molecule has 1 N–H and O–H groups in total. The number of nitrogens with zero attached hydrogens (tertiary/aromatic N) is 2. The van der Waals surface area contributed by atoms with Crippen LogP contribution < -0.4 is 5.32 Å². The minimum absolute atomic E-state index is 0.0122. The monoisotopic (exact) mass is 315 g/mol. The van der Waals surface area contributed by atoms with Crippen molar-refractivity contribution < 1.29 is 4.79 Å². The molecule has 0 bridgehead atoms. The zero-order valence-electron chi connectivity index (χ0n) is 13.0. The Labute approximate surface area is 135 Å². The molecule has 1 heterocycles. The van der Waals surface area contributed by atoms with E-state index in [-0.39, 0.29) is 11.9 Å². The van der Waals surface area contributed by atoms with E-state index >= 15 is 0 Å². The van der Waals surface area contributed by atoms with E-state index in [0.29, 0.717) is 5.75 Å². The molecule has 1 amide bonds. The lowest BCUT2D eigenvalue weighted by atomic mass is 10.1. The van der Waals surface area contributed by atoms with Gasteiger partial charge in [-0.15, -0.1) is 11.8 Å². The fourth-order valence-corrected chi connectivity index (χ4v) is 3.59. The summed E-state index contributed by atoms with van der Waals surface area (Å²) in [4.78, 5) is 13.3. The summed E-state index contributed by atoms with van der Waals surface area (Å²) >= 11 is 1.60. The lowest BCUT2D eigenvalue weighted by Gasteiger charge is -2.12. The fourth-order valence-electron chi connectivity index (χ4n) is 2.82. The topological polar surface area (TPSA) is 46.9 Å². The van der Waals surface area contributed by atoms with Crippen LogP contribution in [0.5, 0.6) is 0 Å². The molecule has 0 radical (unpaired) electrons. The highest BCUT2D eigenvalue weighted by molar-refractivity contribution is 8.00. The van der Waals surface area contributed by atoms with Crippen molar-refractivity contribution in [3.05, 3.63) is 47.3 Å². The van der Waals surface area contributed by atoms with Crippen molar-refractivity contribution in [3.8, 4) is 0 Å². The van der Waals surface area contributed by atoms with E-state index in [0.717, 1.165) is 5.56 Å². The largest absolute Gasteiger partial charge is 0.349 e. The Hall–Kier alpha value is -1.75. The van der Waals surface area contributed by atoms with Gasteiger partial charge in [0.25, 0.3) is 0 Å². The van der Waals surface area contributed by atoms with Crippen LogP contribution in [-0.2, 0) is 24.7 Å². The van der Waals surface area contributed by atoms with Crippen LogP contribution in [-0.4, -0.2) is 21.4 Å². The zero-order chi connectivity index (χ0) is 15.5. The van der Waals surface area contributed by atoms with Crippen molar-refractivity contribution in [1.29, 1.82) is 0 Å². The van der Waals surface area contributed by atoms with E-state index in [2.05, 4.69) is 28.6 Å². The van der Waals surface area contributed by atoms with Crippen LogP contribution in [0.1, 0.15) is 36.1 Å². The number of hydrogen-bond donors (Lipinski definition) is 1. The first-order valence-electron chi connectivity index (χ1n) is 7.64. The van der Waals surface area contributed by atoms with E-state index < -0.39 is 0 Å². The average Bonchev–Trinajstić information content (AvgIpc) is 3.13. The predicted molar refractivity (Wildman–Crippen MR) is 89.0 cm³/mol. The summed E-state index contributed by atoms with van der Waals surface area (Å²) < 4.78 is 1.75. The highest BCUT2D eigenvalue weighted by atomic mass is 32.2. The first-order chi connectivity index (χ1) is 10.6. The molecular formula is C17H21N3OS. The molecule has 5 heteroatoms. The molecule has 116 valence electrons. The number of nitrogens with one attached hydrogen (secondary N) is 1. The van der Waals surface area contributed by atoms with Gasteiger partial charge in [-0.05, 0) is 49.4 Å². The maximum absolute atomic E-state index is 12.1. The molecule has 1 aliphatic rings. The number of rotatable bonds is 5. The van der Waals surface area contributed by atoms with Crippen LogP contribution in [0.15, 0.2) is 35.5 Å². The summed E-state index contributed by atoms with van der Waals surface area (Å²) in [5.41, 5.74) is 3.95. The van der Waals surface area contributed by atoms with Crippen LogP contribution in [0.3, 0.4) is 0 Å². The summed E-state index contributed by atoms with van der Waals surface area (Å²) in [6.07, 6.45) is 7.35. The second kappa shape index (κ2) is 6.57. The number of benzene rings is 1. The molecule has 0 unspecified atom stereocenters. The van der Waals surface area contributed by atoms with Crippen molar-refractivity contribution in [3.63, 3.8) is 0 Å². The fraction of sp³-hybridized carbons (Fsp3) is 0.412. The number of fused-ring (bicyclic) bond motifs is 1. The van der Waals surface area contributed by atoms with Gasteiger partial charge < -0.3 is 5.32 Å². The van der Waals surface area contributed by atoms with E-state index in [9.17, 15) is 4.79 Å². The SMILES string of the molecule is C[C@@H](NC(=O)CSc1ccc2c(c1)CCC2)c1cnn(C)c1. The number of amides is 1. The van der Waals surface area contributed by atoms with Gasteiger partial charge >= 0.3 is 0 Å². The Morgan fingerprint density at radius 1 is 1.41 bits per heavy atom. The molecule has 0 saturated heterocycles. The Bertz CT molecular complexity index is 680. The van der Waals surface area contributed by atoms with Crippen LogP contribution in [0.2, 0.25) is 0 Å². The van der Waals surface area contributed by atoms with Crippen molar-refractivity contribution in [2.75, 3.05) is 5.75 Å². The van der Waals surface area contributed by atoms with Gasteiger partial charge in [-0.2, -0.15) is 5.10 Å². The molecule has 2 aromatic rings. The van der Waals surface area contributed by atoms with E-state index in [1.165, 1.54) is 35.3 Å². The molecule has 1 aliphatic carbocycles. The van der Waals surface area contributed by atoms with Crippen LogP contribution in [0.4, 0.5) is 0 Å². The van der Waals surface area contributed by atoms with Crippen LogP contribution in [0, 0.1) is 0 Å². The normalized spacial score (nSPS) is 14.6. The summed E-state index contributed by atoms with van der Waals surface area (Å²) in [6.45, 7) is 1.98. The molecule has 1 aromatic carbocycles. The maximum Gasteiger partial charge on any atom is 0.230 e. The second-order valence-electron chi connectivity index (χ2n) is 5.81. The number of aryl methyl sites for hydroxylation is 3. The number of carbonyl (C=O) groups excluding carboxylic acids is 1. The van der Waals surface area contributed by atoms with Gasteiger partial charge in [0.1, 0.15) is 0 Å². The molecule has 4 nitrogen and oxygen atoms in total. The number of hydrogen-bond acceptors (Lipinski definition) is 3. The van der Waals surface area contributed by atoms with Gasteiger partial charge in [0.15, 0.2) is 0 Å². The van der Waals surface area contributed by atoms with Gasteiger partial charge in [-0.3, -0.25) is 9.48 Å². The van der Waals surface area contributed by atoms with Gasteiger partial charge in [-0.1, -0.05) is 6.07 Å². The minimum Gasteiger partial charge on any atom is -0.349 e. The first kappa shape index (κ1) is 15.2. The molecule has 22 heavy (non-hydrogen) atoms. The van der Waals surface area contributed by atoms with Crippen molar-refractivity contribution in [2.45, 2.75) is 37.1 Å². The summed E-state index contributed by atoms with van der Waals surface area (Å²) in [5.74, 6) is 0.505. The molecular weight excluding hydrogens is 294 g/mol. The van der Waals surface area contributed by atoms with E-state index in [1.807, 2.05) is 20.2 Å². The number of aromatic nitrogens is 2. The highest BCUT2D eigenvalue weighted by Gasteiger charge is 2.13. The van der Waals surface area contributed by atoms with Crippen molar-refractivity contribution in [1.82, 2.24) is 15.1 Å². The van der Waals surface area contributed by atoms with Gasteiger partial charge in [0.2, 0.25) is 5.91 Å². The van der Waals surface area contributed by atoms with Gasteiger partial charge in [-0.25, -0.2) is 0 Å². The molecule has 0 spiro atoms. The molecule has 1 atom stereocenters.